The maximum atomic E-state index is 10.5. The van der Waals surface area contributed by atoms with Crippen molar-refractivity contribution in [3.8, 4) is 0 Å². The molecule has 0 fully saturated rings. The molecule has 0 aliphatic rings. The number of carbonyl (C=O) groups excluding carboxylic acids is 1. The van der Waals surface area contributed by atoms with E-state index in [2.05, 4.69) is 16.8 Å². The molecule has 0 unspecified atom stereocenters. The molecule has 1 heterocycles. The van der Waals surface area contributed by atoms with Gasteiger partial charge < -0.3 is 9.64 Å². The molecule has 1 aromatic rings. The Labute approximate surface area is 87.5 Å². The molecular weight excluding hydrogens is 200 g/mol. The number of hydrogen-bond acceptors (Lipinski definition) is 5. The lowest BCUT2D eigenvalue weighted by atomic mass is 10.5. The topological polar surface area (TPSA) is 42.4 Å². The van der Waals surface area contributed by atoms with Gasteiger partial charge in [0.05, 0.1) is 17.7 Å². The Morgan fingerprint density at radius 1 is 1.71 bits per heavy atom. The predicted octanol–water partition coefficient (Wildman–Crippen LogP) is 1.43. The molecule has 0 bridgehead atoms. The molecule has 4 nitrogen and oxygen atoms in total. The van der Waals surface area contributed by atoms with Gasteiger partial charge in [-0.1, -0.05) is 11.3 Å². The summed E-state index contributed by atoms with van der Waals surface area (Å²) in [5.41, 5.74) is 0. The summed E-state index contributed by atoms with van der Waals surface area (Å²) in [5, 5.41) is 0.881. The fraction of sp³-hybridized carbons (Fsp3) is 0.556. The monoisotopic (exact) mass is 214 g/mol. The van der Waals surface area contributed by atoms with Crippen LogP contribution in [0.2, 0.25) is 0 Å². The Hall–Kier alpha value is -0.940. The Kier molecular flexibility index (Phi) is 4.55. The number of methoxy groups -OCH3 is 1. The van der Waals surface area contributed by atoms with Crippen molar-refractivity contribution in [2.75, 3.05) is 31.7 Å². The van der Waals surface area contributed by atoms with Gasteiger partial charge in [0.2, 0.25) is 0 Å². The normalized spacial score (nSPS) is 10.1. The second-order valence-corrected chi connectivity index (χ2v) is 3.78. The molecule has 0 aliphatic carbocycles. The first-order valence-electron chi connectivity index (χ1n) is 4.46. The quantitative estimate of drug-likeness (QED) is 0.672. The smallest absolute Gasteiger partial charge is 0.186 e. The number of aromatic nitrogens is 1. The highest BCUT2D eigenvalue weighted by Crippen LogP contribution is 2.20. The Balaban J connectivity index is 2.63. The van der Waals surface area contributed by atoms with E-state index in [4.69, 9.17) is 4.74 Å². The Morgan fingerprint density at radius 2 is 2.50 bits per heavy atom. The largest absolute Gasteiger partial charge is 0.383 e. The van der Waals surface area contributed by atoms with E-state index in [1.165, 1.54) is 11.3 Å². The number of nitrogens with zero attached hydrogens (tertiary/aromatic N) is 2. The summed E-state index contributed by atoms with van der Waals surface area (Å²) in [4.78, 5) is 17.4. The number of carbonyl (C=O) groups is 1. The Morgan fingerprint density at radius 3 is 3.00 bits per heavy atom. The third-order valence-electron chi connectivity index (χ3n) is 1.85. The SMILES string of the molecule is CCN(CCOC)c1ncc(C=O)s1. The van der Waals surface area contributed by atoms with E-state index >= 15 is 0 Å². The maximum absolute atomic E-state index is 10.5. The molecule has 0 radical (unpaired) electrons. The lowest BCUT2D eigenvalue weighted by Crippen LogP contribution is -2.26. The summed E-state index contributed by atoms with van der Waals surface area (Å²) in [6.07, 6.45) is 2.42. The number of rotatable bonds is 6. The Bertz CT molecular complexity index is 288. The third-order valence-corrected chi connectivity index (χ3v) is 2.83. The van der Waals surface area contributed by atoms with E-state index in [1.807, 2.05) is 0 Å². The van der Waals surface area contributed by atoms with Gasteiger partial charge in [0, 0.05) is 20.2 Å². The van der Waals surface area contributed by atoms with Crippen molar-refractivity contribution in [2.45, 2.75) is 6.92 Å². The van der Waals surface area contributed by atoms with Gasteiger partial charge in [-0.2, -0.15) is 0 Å². The first-order chi connectivity index (χ1) is 6.81. The van der Waals surface area contributed by atoms with Gasteiger partial charge in [0.25, 0.3) is 0 Å². The minimum Gasteiger partial charge on any atom is -0.383 e. The van der Waals surface area contributed by atoms with Crippen LogP contribution in [0.25, 0.3) is 0 Å². The molecule has 1 rings (SSSR count). The van der Waals surface area contributed by atoms with Crippen molar-refractivity contribution >= 4 is 22.8 Å². The zero-order valence-corrected chi connectivity index (χ0v) is 9.21. The van der Waals surface area contributed by atoms with Gasteiger partial charge in [-0.25, -0.2) is 4.98 Å². The number of anilines is 1. The molecular formula is C9H14N2O2S. The molecule has 0 saturated carbocycles. The lowest BCUT2D eigenvalue weighted by Gasteiger charge is -2.18. The molecule has 14 heavy (non-hydrogen) atoms. The first kappa shape index (κ1) is 11.1. The van der Waals surface area contributed by atoms with Gasteiger partial charge in [0.15, 0.2) is 11.4 Å². The van der Waals surface area contributed by atoms with Crippen molar-refractivity contribution in [3.63, 3.8) is 0 Å². The summed E-state index contributed by atoms with van der Waals surface area (Å²) >= 11 is 1.41. The highest BCUT2D eigenvalue weighted by molar-refractivity contribution is 7.17. The number of likely N-dealkylation sites (N-methyl/N-ethyl adjacent to an activating group) is 1. The second kappa shape index (κ2) is 5.72. The number of aldehydes is 1. The van der Waals surface area contributed by atoms with Crippen LogP contribution in [-0.2, 0) is 4.74 Å². The zero-order valence-electron chi connectivity index (χ0n) is 8.40. The van der Waals surface area contributed by atoms with E-state index < -0.39 is 0 Å². The van der Waals surface area contributed by atoms with Gasteiger partial charge in [-0.3, -0.25) is 4.79 Å². The van der Waals surface area contributed by atoms with Crippen LogP contribution in [-0.4, -0.2) is 38.1 Å². The maximum Gasteiger partial charge on any atom is 0.186 e. The van der Waals surface area contributed by atoms with Gasteiger partial charge in [0.1, 0.15) is 0 Å². The summed E-state index contributed by atoms with van der Waals surface area (Å²) < 4.78 is 4.99. The average molecular weight is 214 g/mol. The highest BCUT2D eigenvalue weighted by atomic mass is 32.1. The van der Waals surface area contributed by atoms with Gasteiger partial charge in [-0.15, -0.1) is 0 Å². The number of thiazole rings is 1. The molecule has 1 aromatic heterocycles. The average Bonchev–Trinajstić information content (AvgIpc) is 2.68. The van der Waals surface area contributed by atoms with E-state index in [0.717, 1.165) is 24.5 Å². The van der Waals surface area contributed by atoms with E-state index in [9.17, 15) is 4.79 Å². The highest BCUT2D eigenvalue weighted by Gasteiger charge is 2.08. The zero-order chi connectivity index (χ0) is 10.4. The van der Waals surface area contributed by atoms with Crippen LogP contribution >= 0.6 is 11.3 Å². The lowest BCUT2D eigenvalue weighted by molar-refractivity contribution is 0.112. The molecule has 0 atom stereocenters. The van der Waals surface area contributed by atoms with Crippen LogP contribution in [0.15, 0.2) is 6.20 Å². The molecule has 5 heteroatoms. The number of hydrogen-bond donors (Lipinski definition) is 0. The molecule has 0 spiro atoms. The van der Waals surface area contributed by atoms with Crippen molar-refractivity contribution in [2.24, 2.45) is 0 Å². The van der Waals surface area contributed by atoms with Gasteiger partial charge in [-0.05, 0) is 6.92 Å². The fourth-order valence-corrected chi connectivity index (χ4v) is 1.89. The number of ether oxygens (including phenoxy) is 1. The van der Waals surface area contributed by atoms with Crippen molar-refractivity contribution in [1.29, 1.82) is 0 Å². The third kappa shape index (κ3) is 2.78. The summed E-state index contributed by atoms with van der Waals surface area (Å²) in [6, 6.07) is 0. The first-order valence-corrected chi connectivity index (χ1v) is 5.28. The molecule has 0 aromatic carbocycles. The van der Waals surface area contributed by atoms with Crippen LogP contribution in [0, 0.1) is 0 Å². The molecule has 0 N–H and O–H groups in total. The molecule has 78 valence electrons. The molecule has 0 aliphatic heterocycles. The van der Waals surface area contributed by atoms with Crippen molar-refractivity contribution < 1.29 is 9.53 Å². The van der Waals surface area contributed by atoms with Crippen LogP contribution < -0.4 is 4.90 Å². The minimum absolute atomic E-state index is 0.663. The summed E-state index contributed by atoms with van der Waals surface area (Å²) in [7, 11) is 1.67. The van der Waals surface area contributed by atoms with Crippen LogP contribution in [0.1, 0.15) is 16.6 Å². The van der Waals surface area contributed by atoms with E-state index in [-0.39, 0.29) is 0 Å². The summed E-state index contributed by atoms with van der Waals surface area (Å²) in [6.45, 7) is 4.40. The molecule has 0 saturated heterocycles. The molecule has 0 amide bonds. The van der Waals surface area contributed by atoms with E-state index in [0.29, 0.717) is 11.5 Å². The fourth-order valence-electron chi connectivity index (χ4n) is 1.07. The minimum atomic E-state index is 0.663. The second-order valence-electron chi connectivity index (χ2n) is 2.74. The van der Waals surface area contributed by atoms with Crippen molar-refractivity contribution in [1.82, 2.24) is 4.98 Å². The van der Waals surface area contributed by atoms with Crippen molar-refractivity contribution in [3.05, 3.63) is 11.1 Å². The predicted molar refractivity (Wildman–Crippen MR) is 57.3 cm³/mol. The standard InChI is InChI=1S/C9H14N2O2S/c1-3-11(4-5-13-2)9-10-6-8(7-12)14-9/h6-7H,3-5H2,1-2H3. The summed E-state index contributed by atoms with van der Waals surface area (Å²) in [5.74, 6) is 0. The van der Waals surface area contributed by atoms with Crippen LogP contribution in [0.3, 0.4) is 0 Å². The van der Waals surface area contributed by atoms with E-state index in [1.54, 1.807) is 13.3 Å². The van der Waals surface area contributed by atoms with Crippen LogP contribution in [0.4, 0.5) is 5.13 Å². The van der Waals surface area contributed by atoms with Crippen LogP contribution in [0.5, 0.6) is 0 Å². The van der Waals surface area contributed by atoms with Gasteiger partial charge >= 0.3 is 0 Å².